The van der Waals surface area contributed by atoms with Crippen LogP contribution in [0.25, 0.3) is 0 Å². The van der Waals surface area contributed by atoms with Crippen LogP contribution >= 0.6 is 0 Å². The van der Waals surface area contributed by atoms with Gasteiger partial charge in [-0.05, 0) is 72.1 Å². The van der Waals surface area contributed by atoms with Crippen LogP contribution in [0.2, 0.25) is 0 Å². The molecule has 0 amide bonds. The Morgan fingerprint density at radius 2 is 1.91 bits per heavy atom. The summed E-state index contributed by atoms with van der Waals surface area (Å²) in [6, 6.07) is 0. The number of rotatable bonds is 9. The average Bonchev–Trinajstić information content (AvgIpc) is 2.47. The molecule has 0 N–H and O–H groups in total. The monoisotopic (exact) mass is 320 g/mol. The van der Waals surface area contributed by atoms with E-state index in [2.05, 4.69) is 52.8 Å². The molecule has 2 nitrogen and oxygen atoms in total. The lowest BCUT2D eigenvalue weighted by atomic mass is 9.99. The Labute approximate surface area is 143 Å². The molecular formula is C21H36O2. The zero-order chi connectivity index (χ0) is 17.1. The summed E-state index contributed by atoms with van der Waals surface area (Å²) in [4.78, 5) is 0. The number of hydrogen-bond donors (Lipinski definition) is 0. The first kappa shape index (κ1) is 20.2. The highest BCUT2D eigenvalue weighted by Gasteiger charge is 2.12. The lowest BCUT2D eigenvalue weighted by Crippen LogP contribution is -2.22. The fraction of sp³-hybridized carbons (Fsp3) is 0.714. The van der Waals surface area contributed by atoms with E-state index in [1.165, 1.54) is 29.6 Å². The van der Waals surface area contributed by atoms with Gasteiger partial charge in [0.2, 0.25) is 0 Å². The molecule has 0 aromatic heterocycles. The maximum absolute atomic E-state index is 5.75. The normalized spacial score (nSPS) is 21.2. The molecular weight excluding hydrogens is 284 g/mol. The van der Waals surface area contributed by atoms with E-state index in [1.54, 1.807) is 0 Å². The van der Waals surface area contributed by atoms with Crippen LogP contribution in [0.15, 0.2) is 34.9 Å². The van der Waals surface area contributed by atoms with Crippen molar-refractivity contribution in [2.75, 3.05) is 13.2 Å². The molecule has 1 rings (SSSR count). The van der Waals surface area contributed by atoms with Crippen LogP contribution in [0.4, 0.5) is 0 Å². The maximum atomic E-state index is 5.75. The lowest BCUT2D eigenvalue weighted by Gasteiger charge is -2.22. The third-order valence-corrected chi connectivity index (χ3v) is 4.15. The van der Waals surface area contributed by atoms with Crippen molar-refractivity contribution in [1.29, 1.82) is 0 Å². The summed E-state index contributed by atoms with van der Waals surface area (Å²) >= 11 is 0. The van der Waals surface area contributed by atoms with Gasteiger partial charge in [-0.15, -0.1) is 0 Å². The van der Waals surface area contributed by atoms with Gasteiger partial charge in [0.05, 0.1) is 6.61 Å². The highest BCUT2D eigenvalue weighted by atomic mass is 16.7. The average molecular weight is 321 g/mol. The Balaban J connectivity index is 2.20. The van der Waals surface area contributed by atoms with Gasteiger partial charge >= 0.3 is 0 Å². The van der Waals surface area contributed by atoms with Crippen molar-refractivity contribution in [2.45, 2.75) is 79.4 Å². The predicted molar refractivity (Wildman–Crippen MR) is 99.5 cm³/mol. The molecule has 2 atom stereocenters. The van der Waals surface area contributed by atoms with E-state index in [0.717, 1.165) is 32.3 Å². The fourth-order valence-electron chi connectivity index (χ4n) is 3.01. The third-order valence-electron chi connectivity index (χ3n) is 4.15. The maximum Gasteiger partial charge on any atom is 0.157 e. The molecule has 1 fully saturated rings. The summed E-state index contributed by atoms with van der Waals surface area (Å²) < 4.78 is 11.3. The first-order chi connectivity index (χ1) is 11.0. The standard InChI is InChI=1S/C21H36O2/c1-17(2)15-20(5)16-19(4)10-8-9-18(3)12-14-23-21-11-6-7-13-22-21/h10,12,15,20-21H,6-9,11,13-14,16H2,1-5H3/b18-12+,19-10+. The molecule has 0 aromatic carbocycles. The lowest BCUT2D eigenvalue weighted by molar-refractivity contribution is -0.155. The Morgan fingerprint density at radius 3 is 2.57 bits per heavy atom. The minimum absolute atomic E-state index is 0.0199. The van der Waals surface area contributed by atoms with Crippen LogP contribution in [0.5, 0.6) is 0 Å². The molecule has 1 aliphatic heterocycles. The van der Waals surface area contributed by atoms with Gasteiger partial charge in [-0.1, -0.05) is 41.9 Å². The number of hydrogen-bond acceptors (Lipinski definition) is 2. The first-order valence-corrected chi connectivity index (χ1v) is 9.17. The first-order valence-electron chi connectivity index (χ1n) is 9.17. The molecule has 1 aliphatic rings. The predicted octanol–water partition coefficient (Wildman–Crippen LogP) is 6.19. The van der Waals surface area contributed by atoms with Gasteiger partial charge in [0, 0.05) is 6.61 Å². The topological polar surface area (TPSA) is 18.5 Å². The zero-order valence-electron chi connectivity index (χ0n) is 15.9. The van der Waals surface area contributed by atoms with Crippen LogP contribution in [0.1, 0.15) is 73.1 Å². The van der Waals surface area contributed by atoms with Gasteiger partial charge in [-0.25, -0.2) is 0 Å². The fourth-order valence-corrected chi connectivity index (χ4v) is 3.01. The summed E-state index contributed by atoms with van der Waals surface area (Å²) in [5.74, 6) is 0.636. The highest BCUT2D eigenvalue weighted by molar-refractivity contribution is 5.07. The summed E-state index contributed by atoms with van der Waals surface area (Å²) in [6.45, 7) is 12.6. The van der Waals surface area contributed by atoms with Crippen molar-refractivity contribution in [3.05, 3.63) is 34.9 Å². The van der Waals surface area contributed by atoms with Crippen molar-refractivity contribution >= 4 is 0 Å². The van der Waals surface area contributed by atoms with Gasteiger partial charge in [-0.3, -0.25) is 0 Å². The minimum atomic E-state index is 0.0199. The summed E-state index contributed by atoms with van der Waals surface area (Å²) in [7, 11) is 0. The Kier molecular flexibility index (Phi) is 10.2. The molecule has 2 heteroatoms. The van der Waals surface area contributed by atoms with Crippen LogP contribution in [-0.2, 0) is 9.47 Å². The molecule has 132 valence electrons. The van der Waals surface area contributed by atoms with Crippen LogP contribution in [0.3, 0.4) is 0 Å². The second-order valence-corrected chi connectivity index (χ2v) is 7.19. The highest BCUT2D eigenvalue weighted by Crippen LogP contribution is 2.16. The molecule has 0 spiro atoms. The van der Waals surface area contributed by atoms with Gasteiger partial charge in [-0.2, -0.15) is 0 Å². The van der Waals surface area contributed by atoms with Gasteiger partial charge in [0.1, 0.15) is 0 Å². The molecule has 1 saturated heterocycles. The second kappa shape index (κ2) is 11.6. The molecule has 0 aromatic rings. The molecule has 1 heterocycles. The summed E-state index contributed by atoms with van der Waals surface area (Å²) in [6.07, 6.45) is 13.8. The summed E-state index contributed by atoms with van der Waals surface area (Å²) in [5.41, 5.74) is 4.31. The third kappa shape index (κ3) is 10.5. The molecule has 23 heavy (non-hydrogen) atoms. The van der Waals surface area contributed by atoms with Crippen molar-refractivity contribution in [3.63, 3.8) is 0 Å². The smallest absolute Gasteiger partial charge is 0.157 e. The van der Waals surface area contributed by atoms with Crippen molar-refractivity contribution in [3.8, 4) is 0 Å². The van der Waals surface area contributed by atoms with Crippen LogP contribution in [0, 0.1) is 5.92 Å². The number of ether oxygens (including phenoxy) is 2. The quantitative estimate of drug-likeness (QED) is 0.471. The van der Waals surface area contributed by atoms with E-state index in [4.69, 9.17) is 9.47 Å². The summed E-state index contributed by atoms with van der Waals surface area (Å²) in [5, 5.41) is 0. The van der Waals surface area contributed by atoms with Crippen molar-refractivity contribution in [2.24, 2.45) is 5.92 Å². The molecule has 0 saturated carbocycles. The molecule has 0 aliphatic carbocycles. The van der Waals surface area contributed by atoms with Gasteiger partial charge < -0.3 is 9.47 Å². The molecule has 0 bridgehead atoms. The SMILES string of the molecule is CC(C)=CC(C)C/C(C)=C/CC/C(C)=C/COC1CCCCO1. The van der Waals surface area contributed by atoms with E-state index in [0.29, 0.717) is 12.5 Å². The van der Waals surface area contributed by atoms with E-state index in [-0.39, 0.29) is 6.29 Å². The Morgan fingerprint density at radius 1 is 1.13 bits per heavy atom. The van der Waals surface area contributed by atoms with E-state index in [1.807, 2.05) is 0 Å². The molecule has 0 radical (unpaired) electrons. The second-order valence-electron chi connectivity index (χ2n) is 7.19. The van der Waals surface area contributed by atoms with E-state index < -0.39 is 0 Å². The van der Waals surface area contributed by atoms with Gasteiger partial charge in [0.15, 0.2) is 6.29 Å². The Hall–Kier alpha value is -0.860. The van der Waals surface area contributed by atoms with Crippen LogP contribution in [-0.4, -0.2) is 19.5 Å². The van der Waals surface area contributed by atoms with Crippen molar-refractivity contribution < 1.29 is 9.47 Å². The van der Waals surface area contributed by atoms with Crippen LogP contribution < -0.4 is 0 Å². The minimum Gasteiger partial charge on any atom is -0.353 e. The van der Waals surface area contributed by atoms with E-state index >= 15 is 0 Å². The molecule has 2 unspecified atom stereocenters. The van der Waals surface area contributed by atoms with Gasteiger partial charge in [0.25, 0.3) is 0 Å². The van der Waals surface area contributed by atoms with Crippen molar-refractivity contribution in [1.82, 2.24) is 0 Å². The Bertz CT molecular complexity index is 408. The number of allylic oxidation sites excluding steroid dienone is 5. The van der Waals surface area contributed by atoms with E-state index in [9.17, 15) is 0 Å². The zero-order valence-corrected chi connectivity index (χ0v) is 15.9. The largest absolute Gasteiger partial charge is 0.353 e.